The second-order valence-corrected chi connectivity index (χ2v) is 6.75. The average molecular weight is 389 g/mol. The highest BCUT2D eigenvalue weighted by Crippen LogP contribution is 2.29. The lowest BCUT2D eigenvalue weighted by Crippen LogP contribution is -2.48. The van der Waals surface area contributed by atoms with Gasteiger partial charge in [-0.3, -0.25) is 20.4 Å². The van der Waals surface area contributed by atoms with Crippen LogP contribution in [0.1, 0.15) is 55.5 Å². The fourth-order valence-corrected chi connectivity index (χ4v) is 2.69. The van der Waals surface area contributed by atoms with Gasteiger partial charge in [0.25, 0.3) is 11.8 Å². The predicted molar refractivity (Wildman–Crippen MR) is 107 cm³/mol. The minimum absolute atomic E-state index is 0.325. The molecule has 0 heterocycles. The number of halogens is 1. The van der Waals surface area contributed by atoms with Crippen molar-refractivity contribution in [3.63, 3.8) is 0 Å². The third-order valence-corrected chi connectivity index (χ3v) is 4.65. The number of nitrogens with one attached hydrogen (secondary N) is 2. The van der Waals surface area contributed by atoms with Crippen molar-refractivity contribution < 1.29 is 14.3 Å². The van der Waals surface area contributed by atoms with Crippen LogP contribution in [0.15, 0.2) is 48.5 Å². The van der Waals surface area contributed by atoms with Crippen LogP contribution in [0.5, 0.6) is 5.75 Å². The number of rotatable bonds is 7. The number of amides is 2. The molecule has 0 aromatic heterocycles. The molecule has 0 radical (unpaired) electrons. The zero-order valence-electron chi connectivity index (χ0n) is 15.8. The molecule has 2 N–H and O–H groups in total. The molecule has 5 nitrogen and oxygen atoms in total. The van der Waals surface area contributed by atoms with Crippen molar-refractivity contribution in [2.24, 2.45) is 0 Å². The highest BCUT2D eigenvalue weighted by molar-refractivity contribution is 6.30. The molecule has 6 heteroatoms. The number of hydrazine groups is 1. The van der Waals surface area contributed by atoms with E-state index in [1.54, 1.807) is 24.3 Å². The van der Waals surface area contributed by atoms with Crippen LogP contribution in [0, 0.1) is 0 Å². The molecule has 0 saturated heterocycles. The van der Waals surface area contributed by atoms with Gasteiger partial charge in [-0.25, -0.2) is 0 Å². The first-order chi connectivity index (χ1) is 13.0. The molecule has 2 aromatic carbocycles. The average Bonchev–Trinajstić information content (AvgIpc) is 2.70. The number of hydrogen-bond acceptors (Lipinski definition) is 3. The molecule has 0 aliphatic carbocycles. The monoisotopic (exact) mass is 388 g/mol. The van der Waals surface area contributed by atoms with Crippen molar-refractivity contribution in [2.45, 2.75) is 45.6 Å². The first-order valence-electron chi connectivity index (χ1n) is 9.07. The van der Waals surface area contributed by atoms with Crippen molar-refractivity contribution in [1.29, 1.82) is 0 Å². The third kappa shape index (κ3) is 5.73. The Morgan fingerprint density at radius 3 is 2.30 bits per heavy atom. The molecule has 0 aliphatic rings. The molecule has 2 aromatic rings. The van der Waals surface area contributed by atoms with Gasteiger partial charge in [0, 0.05) is 10.6 Å². The lowest BCUT2D eigenvalue weighted by molar-refractivity contribution is -0.128. The predicted octanol–water partition coefficient (Wildman–Crippen LogP) is 4.47. The molecule has 144 valence electrons. The van der Waals surface area contributed by atoms with E-state index in [1.165, 1.54) is 0 Å². The quantitative estimate of drug-likeness (QED) is 0.687. The Hall–Kier alpha value is -2.53. The first-order valence-corrected chi connectivity index (χ1v) is 9.45. The number of carbonyl (C=O) groups is 2. The Labute approximate surface area is 165 Å². The Bertz CT molecular complexity index is 777. The number of benzene rings is 2. The third-order valence-electron chi connectivity index (χ3n) is 4.40. The number of carbonyl (C=O) groups excluding carboxylic acids is 2. The van der Waals surface area contributed by atoms with Crippen LogP contribution in [-0.4, -0.2) is 17.9 Å². The van der Waals surface area contributed by atoms with E-state index in [2.05, 4.69) is 24.7 Å². The molecule has 27 heavy (non-hydrogen) atoms. The van der Waals surface area contributed by atoms with Gasteiger partial charge in [-0.05, 0) is 54.7 Å². The summed E-state index contributed by atoms with van der Waals surface area (Å²) in [6.45, 7) is 6.09. The minimum atomic E-state index is -0.708. The second-order valence-electron chi connectivity index (χ2n) is 6.31. The van der Waals surface area contributed by atoms with Crippen LogP contribution in [0.25, 0.3) is 0 Å². The van der Waals surface area contributed by atoms with Gasteiger partial charge in [0.2, 0.25) is 0 Å². The summed E-state index contributed by atoms with van der Waals surface area (Å²) < 4.78 is 5.95. The van der Waals surface area contributed by atoms with E-state index in [-0.39, 0.29) is 0 Å². The summed E-state index contributed by atoms with van der Waals surface area (Å²) in [4.78, 5) is 24.5. The van der Waals surface area contributed by atoms with Gasteiger partial charge in [0.1, 0.15) is 5.75 Å². The van der Waals surface area contributed by atoms with E-state index in [0.717, 1.165) is 12.0 Å². The normalized spacial score (nSPS) is 12.7. The van der Waals surface area contributed by atoms with Crippen LogP contribution < -0.4 is 15.6 Å². The lowest BCUT2D eigenvalue weighted by Gasteiger charge is -2.21. The summed E-state index contributed by atoms with van der Waals surface area (Å²) in [6.07, 6.45) is 0.735. The topological polar surface area (TPSA) is 67.4 Å². The zero-order chi connectivity index (χ0) is 19.8. The van der Waals surface area contributed by atoms with Crippen LogP contribution >= 0.6 is 11.6 Å². The standard InChI is InChI=1S/C21H25ClN2O3/c1-4-14(3)17-8-6-7-9-19(17)27-18(5-2)21(26)24-23-20(25)15-10-12-16(22)13-11-15/h6-14,18H,4-5H2,1-3H3,(H,23,25)(H,24,26). The fraction of sp³-hybridized carbons (Fsp3) is 0.333. The van der Waals surface area contributed by atoms with Gasteiger partial charge in [-0.2, -0.15) is 0 Å². The van der Waals surface area contributed by atoms with E-state index < -0.39 is 17.9 Å². The van der Waals surface area contributed by atoms with E-state index in [0.29, 0.717) is 28.7 Å². The molecule has 0 aliphatic heterocycles. The van der Waals surface area contributed by atoms with E-state index in [4.69, 9.17) is 16.3 Å². The van der Waals surface area contributed by atoms with Gasteiger partial charge < -0.3 is 4.74 Å². The van der Waals surface area contributed by atoms with Crippen molar-refractivity contribution in [2.75, 3.05) is 0 Å². The maximum Gasteiger partial charge on any atom is 0.279 e. The van der Waals surface area contributed by atoms with Crippen LogP contribution in [0.3, 0.4) is 0 Å². The summed E-state index contributed by atoms with van der Waals surface area (Å²) in [6, 6.07) is 14.1. The highest BCUT2D eigenvalue weighted by atomic mass is 35.5. The first kappa shape index (κ1) is 20.8. The maximum absolute atomic E-state index is 12.4. The number of hydrogen-bond donors (Lipinski definition) is 2. The summed E-state index contributed by atoms with van der Waals surface area (Å²) in [5.74, 6) is 0.192. The maximum atomic E-state index is 12.4. The van der Waals surface area contributed by atoms with Gasteiger partial charge in [0.15, 0.2) is 6.10 Å². The van der Waals surface area contributed by atoms with E-state index in [1.807, 2.05) is 31.2 Å². The molecule has 2 rings (SSSR count). The fourth-order valence-electron chi connectivity index (χ4n) is 2.56. The van der Waals surface area contributed by atoms with Gasteiger partial charge in [0.05, 0.1) is 0 Å². The SMILES string of the molecule is CCC(Oc1ccccc1C(C)CC)C(=O)NNC(=O)c1ccc(Cl)cc1. The molecular formula is C21H25ClN2O3. The molecule has 2 atom stereocenters. The molecular weight excluding hydrogens is 364 g/mol. The second kappa shape index (κ2) is 9.97. The van der Waals surface area contributed by atoms with Gasteiger partial charge in [-0.15, -0.1) is 0 Å². The minimum Gasteiger partial charge on any atom is -0.480 e. The van der Waals surface area contributed by atoms with E-state index >= 15 is 0 Å². The number of para-hydroxylation sites is 1. The summed E-state index contributed by atoms with van der Waals surface area (Å²) >= 11 is 5.81. The lowest BCUT2D eigenvalue weighted by atomic mass is 9.98. The molecule has 0 bridgehead atoms. The molecule has 0 spiro atoms. The summed E-state index contributed by atoms with van der Waals surface area (Å²) in [5.41, 5.74) is 6.30. The van der Waals surface area contributed by atoms with Crippen LogP contribution in [0.4, 0.5) is 0 Å². The molecule has 2 unspecified atom stereocenters. The Morgan fingerprint density at radius 2 is 1.67 bits per heavy atom. The van der Waals surface area contributed by atoms with E-state index in [9.17, 15) is 9.59 Å². The van der Waals surface area contributed by atoms with Crippen molar-refractivity contribution in [3.8, 4) is 5.75 Å². The Morgan fingerprint density at radius 1 is 1.00 bits per heavy atom. The zero-order valence-corrected chi connectivity index (χ0v) is 16.5. The largest absolute Gasteiger partial charge is 0.480 e. The molecule has 0 fully saturated rings. The molecule has 2 amide bonds. The smallest absolute Gasteiger partial charge is 0.279 e. The Kier molecular flexibility index (Phi) is 7.67. The summed E-state index contributed by atoms with van der Waals surface area (Å²) in [5, 5.41) is 0.537. The number of ether oxygens (including phenoxy) is 1. The Balaban J connectivity index is 2.00. The highest BCUT2D eigenvalue weighted by Gasteiger charge is 2.21. The van der Waals surface area contributed by atoms with Crippen molar-refractivity contribution in [1.82, 2.24) is 10.9 Å². The van der Waals surface area contributed by atoms with Crippen molar-refractivity contribution >= 4 is 23.4 Å². The van der Waals surface area contributed by atoms with Crippen molar-refractivity contribution in [3.05, 3.63) is 64.7 Å². The van der Waals surface area contributed by atoms with Crippen LogP contribution in [0.2, 0.25) is 5.02 Å². The van der Waals surface area contributed by atoms with Crippen LogP contribution in [-0.2, 0) is 4.79 Å². The summed E-state index contributed by atoms with van der Waals surface area (Å²) in [7, 11) is 0. The van der Waals surface area contributed by atoms with Gasteiger partial charge in [-0.1, -0.05) is 50.6 Å². The van der Waals surface area contributed by atoms with Gasteiger partial charge >= 0.3 is 0 Å². The molecule has 0 saturated carbocycles.